The van der Waals surface area contributed by atoms with E-state index in [1.165, 1.54) is 6.07 Å². The second-order valence-electron chi connectivity index (χ2n) is 10.4. The third-order valence-electron chi connectivity index (χ3n) is 7.42. The van der Waals surface area contributed by atoms with Crippen molar-refractivity contribution in [3.63, 3.8) is 0 Å². The van der Waals surface area contributed by atoms with Crippen molar-refractivity contribution in [1.29, 1.82) is 0 Å². The highest BCUT2D eigenvalue weighted by Gasteiger charge is 2.28. The van der Waals surface area contributed by atoms with Crippen molar-refractivity contribution in [3.05, 3.63) is 113 Å². The second-order valence-corrected chi connectivity index (χ2v) is 10.4. The van der Waals surface area contributed by atoms with Gasteiger partial charge in [-0.25, -0.2) is 18.7 Å². The summed E-state index contributed by atoms with van der Waals surface area (Å²) in [5, 5.41) is 12.6. The van der Waals surface area contributed by atoms with E-state index >= 15 is 0 Å². The van der Waals surface area contributed by atoms with E-state index in [4.69, 9.17) is 0 Å². The zero-order valence-corrected chi connectivity index (χ0v) is 22.7. The summed E-state index contributed by atoms with van der Waals surface area (Å²) in [6, 6.07) is 17.0. The summed E-state index contributed by atoms with van der Waals surface area (Å²) in [5.41, 5.74) is 4.33. The van der Waals surface area contributed by atoms with Crippen molar-refractivity contribution >= 4 is 39.5 Å². The number of anilines is 2. The van der Waals surface area contributed by atoms with Gasteiger partial charge in [0.05, 0.1) is 11.1 Å². The maximum atomic E-state index is 13.6. The van der Waals surface area contributed by atoms with Gasteiger partial charge >= 0.3 is 0 Å². The number of aromatic amines is 1. The number of fused-ring (bicyclic) bond motifs is 2. The number of halogens is 2. The molecule has 6 aromatic rings. The molecule has 206 valence electrons. The average molecular weight is 552 g/mol. The van der Waals surface area contributed by atoms with E-state index in [2.05, 4.69) is 62.7 Å². The average Bonchev–Trinajstić information content (AvgIpc) is 3.55. The molecule has 6 rings (SSSR count). The van der Waals surface area contributed by atoms with Gasteiger partial charge < -0.3 is 15.6 Å². The number of H-pyrrole nitrogens is 1. The van der Waals surface area contributed by atoms with Crippen LogP contribution < -0.4 is 10.6 Å². The van der Waals surface area contributed by atoms with Crippen molar-refractivity contribution in [3.8, 4) is 0 Å². The minimum Gasteiger partial charge on any atom is -0.348 e. The molecule has 4 heterocycles. The fraction of sp³-hybridized carbons (Fsp3) is 0.161. The van der Waals surface area contributed by atoms with Gasteiger partial charge in [0.1, 0.15) is 11.5 Å². The Hall–Kier alpha value is -5.12. The fourth-order valence-corrected chi connectivity index (χ4v) is 5.10. The fourth-order valence-electron chi connectivity index (χ4n) is 5.10. The minimum absolute atomic E-state index is 0.0265. The van der Waals surface area contributed by atoms with E-state index in [9.17, 15) is 13.6 Å². The molecule has 0 radical (unpaired) electrons. The normalized spacial score (nSPS) is 11.7. The van der Waals surface area contributed by atoms with E-state index in [1.54, 1.807) is 29.2 Å². The van der Waals surface area contributed by atoms with Crippen LogP contribution in [0.3, 0.4) is 0 Å². The molecule has 4 aromatic heterocycles. The molecule has 41 heavy (non-hydrogen) atoms. The summed E-state index contributed by atoms with van der Waals surface area (Å²) in [6.45, 7) is 4.36. The summed E-state index contributed by atoms with van der Waals surface area (Å²) in [7, 11) is 1.86. The Bertz CT molecular complexity index is 1930. The Morgan fingerprint density at radius 1 is 0.951 bits per heavy atom. The lowest BCUT2D eigenvalue weighted by atomic mass is 9.78. The maximum absolute atomic E-state index is 13.6. The molecular formula is C31H27F2N7O. The summed E-state index contributed by atoms with van der Waals surface area (Å²) >= 11 is 0. The van der Waals surface area contributed by atoms with Crippen LogP contribution in [0.5, 0.6) is 0 Å². The molecule has 0 aliphatic carbocycles. The number of carbonyl (C=O) groups is 1. The first-order chi connectivity index (χ1) is 19.7. The number of benzene rings is 2. The Balaban J connectivity index is 1.31. The van der Waals surface area contributed by atoms with Gasteiger partial charge in [-0.15, -0.1) is 0 Å². The lowest BCUT2D eigenvalue weighted by molar-refractivity contribution is 0.0951. The van der Waals surface area contributed by atoms with Crippen LogP contribution in [-0.2, 0) is 19.0 Å². The van der Waals surface area contributed by atoms with Crippen LogP contribution in [0, 0.1) is 11.6 Å². The van der Waals surface area contributed by atoms with Crippen LogP contribution in [0.2, 0.25) is 0 Å². The molecule has 0 saturated carbocycles. The lowest BCUT2D eigenvalue weighted by Crippen LogP contribution is -2.24. The van der Waals surface area contributed by atoms with Crippen molar-refractivity contribution in [2.24, 2.45) is 7.05 Å². The molecule has 0 aliphatic heterocycles. The molecule has 2 aromatic carbocycles. The topological polar surface area (TPSA) is 101 Å². The highest BCUT2D eigenvalue weighted by atomic mass is 19.2. The number of nitrogens with zero attached hydrogens (tertiary/aromatic N) is 4. The van der Waals surface area contributed by atoms with E-state index in [0.717, 1.165) is 45.2 Å². The molecule has 8 nitrogen and oxygen atoms in total. The van der Waals surface area contributed by atoms with Gasteiger partial charge in [0.15, 0.2) is 17.5 Å². The smallest absolute Gasteiger partial charge is 0.255 e. The van der Waals surface area contributed by atoms with Crippen LogP contribution in [0.1, 0.15) is 40.9 Å². The highest BCUT2D eigenvalue weighted by Crippen LogP contribution is 2.38. The van der Waals surface area contributed by atoms with Crippen LogP contribution in [0.15, 0.2) is 79.3 Å². The number of hydrogen-bond donors (Lipinski definition) is 3. The van der Waals surface area contributed by atoms with Gasteiger partial charge in [-0.1, -0.05) is 26.0 Å². The Kier molecular flexibility index (Phi) is 6.45. The molecule has 0 saturated heterocycles. The first-order valence-electron chi connectivity index (χ1n) is 13.1. The summed E-state index contributed by atoms with van der Waals surface area (Å²) in [5.74, 6) is -1.45. The standard InChI is InChI=1S/C31H27F2N7O/c1-31(2,23-17-36-27-20(23)6-4-12-34-27)19-9-11-26-22(15-19)29(39-40(26)3)38-28-21(7-5-13-35-28)30(41)37-16-18-8-10-24(32)25(33)14-18/h4-15,17H,16H2,1-3H3,(H,34,36)(H,37,41)(H,35,38,39). The van der Waals surface area contributed by atoms with Crippen molar-refractivity contribution in [2.45, 2.75) is 25.8 Å². The van der Waals surface area contributed by atoms with Crippen molar-refractivity contribution in [1.82, 2.24) is 30.0 Å². The minimum atomic E-state index is -0.966. The summed E-state index contributed by atoms with van der Waals surface area (Å²) in [4.78, 5) is 25.2. The molecule has 0 bridgehead atoms. The van der Waals surface area contributed by atoms with Gasteiger partial charge in [-0.05, 0) is 65.2 Å². The van der Waals surface area contributed by atoms with Gasteiger partial charge in [-0.3, -0.25) is 9.48 Å². The lowest BCUT2D eigenvalue weighted by Gasteiger charge is -2.25. The van der Waals surface area contributed by atoms with Gasteiger partial charge in [-0.2, -0.15) is 5.10 Å². The van der Waals surface area contributed by atoms with Crippen LogP contribution in [0.25, 0.3) is 21.9 Å². The highest BCUT2D eigenvalue weighted by molar-refractivity contribution is 6.01. The molecule has 0 spiro atoms. The molecule has 0 fully saturated rings. The molecule has 10 heteroatoms. The molecule has 1 amide bonds. The monoisotopic (exact) mass is 551 g/mol. The second kappa shape index (κ2) is 10.1. The number of aromatic nitrogens is 5. The largest absolute Gasteiger partial charge is 0.348 e. The maximum Gasteiger partial charge on any atom is 0.255 e. The van der Waals surface area contributed by atoms with Crippen LogP contribution in [0.4, 0.5) is 20.4 Å². The molecule has 0 atom stereocenters. The van der Waals surface area contributed by atoms with E-state index in [-0.39, 0.29) is 17.5 Å². The first-order valence-corrected chi connectivity index (χ1v) is 13.1. The number of aryl methyl sites for hydroxylation is 1. The summed E-state index contributed by atoms with van der Waals surface area (Å²) < 4.78 is 28.6. The van der Waals surface area contributed by atoms with Gasteiger partial charge in [0.25, 0.3) is 5.91 Å². The summed E-state index contributed by atoms with van der Waals surface area (Å²) in [6.07, 6.45) is 5.35. The zero-order chi connectivity index (χ0) is 28.7. The van der Waals surface area contributed by atoms with Crippen molar-refractivity contribution < 1.29 is 13.6 Å². The van der Waals surface area contributed by atoms with Crippen LogP contribution >= 0.6 is 0 Å². The number of hydrogen-bond acceptors (Lipinski definition) is 5. The third kappa shape index (κ3) is 4.77. The Morgan fingerprint density at radius 2 is 1.76 bits per heavy atom. The first kappa shape index (κ1) is 26.1. The molecule has 0 unspecified atom stereocenters. The van der Waals surface area contributed by atoms with E-state index < -0.39 is 17.5 Å². The number of pyridine rings is 2. The van der Waals surface area contributed by atoms with Gasteiger partial charge in [0, 0.05) is 48.4 Å². The predicted octanol–water partition coefficient (Wildman–Crippen LogP) is 6.12. The SMILES string of the molecule is Cn1nc(Nc2ncccc2C(=O)NCc2ccc(F)c(F)c2)c2cc(C(C)(C)c3c[nH]c4ncccc34)ccc21. The number of amides is 1. The Labute approximate surface area is 234 Å². The third-order valence-corrected chi connectivity index (χ3v) is 7.42. The molecule has 3 N–H and O–H groups in total. The molecule has 0 aliphatic rings. The number of carbonyl (C=O) groups excluding carboxylic acids is 1. The van der Waals surface area contributed by atoms with E-state index in [0.29, 0.717) is 17.2 Å². The zero-order valence-electron chi connectivity index (χ0n) is 22.7. The molecular weight excluding hydrogens is 524 g/mol. The number of rotatable bonds is 7. The van der Waals surface area contributed by atoms with E-state index in [1.807, 2.05) is 25.4 Å². The van der Waals surface area contributed by atoms with Crippen LogP contribution in [-0.4, -0.2) is 30.6 Å². The Morgan fingerprint density at radius 3 is 2.59 bits per heavy atom. The van der Waals surface area contributed by atoms with Crippen molar-refractivity contribution in [2.75, 3.05) is 5.32 Å². The predicted molar refractivity (Wildman–Crippen MR) is 154 cm³/mol. The number of nitrogens with one attached hydrogen (secondary N) is 3. The van der Waals surface area contributed by atoms with Gasteiger partial charge in [0.2, 0.25) is 0 Å². The quantitative estimate of drug-likeness (QED) is 0.222.